The predicted octanol–water partition coefficient (Wildman–Crippen LogP) is 6.83. The van der Waals surface area contributed by atoms with Crippen LogP contribution in [0.3, 0.4) is 0 Å². The van der Waals surface area contributed by atoms with Gasteiger partial charge in [-0.25, -0.2) is 0 Å². The van der Waals surface area contributed by atoms with Crippen LogP contribution >= 0.6 is 0 Å². The van der Waals surface area contributed by atoms with Crippen LogP contribution in [-0.4, -0.2) is 11.6 Å². The van der Waals surface area contributed by atoms with Gasteiger partial charge in [-0.1, -0.05) is 45.4 Å². The quantitative estimate of drug-likeness (QED) is 0.509. The van der Waals surface area contributed by atoms with Gasteiger partial charge >= 0.3 is 0 Å². The Balaban J connectivity index is 1.35. The van der Waals surface area contributed by atoms with E-state index < -0.39 is 0 Å². The summed E-state index contributed by atoms with van der Waals surface area (Å²) in [5, 5.41) is 0. The number of hydrogen-bond donors (Lipinski definition) is 0. The number of hydrogen-bond acceptors (Lipinski definition) is 2. The Bertz CT molecular complexity index is 495. The second-order valence-electron chi connectivity index (χ2n) is 8.81. The summed E-state index contributed by atoms with van der Waals surface area (Å²) >= 11 is 0. The Morgan fingerprint density at radius 2 is 1.46 bits per heavy atom. The van der Waals surface area contributed by atoms with Crippen LogP contribution in [0.1, 0.15) is 90.2 Å². The lowest BCUT2D eigenvalue weighted by Crippen LogP contribution is -2.26. The molecule has 0 amide bonds. The SMILES string of the molecule is CCC[C@H]1CC[C@H]([C@H]2CC[C@H](CCc3ccc(OCC)cn3)CC2)CC1. The van der Waals surface area contributed by atoms with Gasteiger partial charge in [-0.05, 0) is 81.3 Å². The first-order chi connectivity index (χ1) is 12.8. The molecule has 0 saturated heterocycles. The van der Waals surface area contributed by atoms with Crippen LogP contribution in [0.4, 0.5) is 0 Å². The molecular weight excluding hydrogens is 318 g/mol. The standard InChI is InChI=1S/C24H39NO/c1-3-5-19-6-11-21(12-7-19)22-13-8-20(9-14-22)10-15-23-16-17-24(18-25-23)26-4-2/h16-22H,3-15H2,1-2H3/t19-,20-,21-,22-. The number of pyridine rings is 1. The Hall–Kier alpha value is -1.05. The van der Waals surface area contributed by atoms with Crippen molar-refractivity contribution >= 4 is 0 Å². The fourth-order valence-electron chi connectivity index (χ4n) is 5.47. The first-order valence-electron chi connectivity index (χ1n) is 11.4. The molecule has 3 rings (SSSR count). The van der Waals surface area contributed by atoms with E-state index in [2.05, 4.69) is 24.0 Å². The number of rotatable bonds is 8. The van der Waals surface area contributed by atoms with Crippen LogP contribution in [0.2, 0.25) is 0 Å². The Labute approximate surface area is 161 Å². The topological polar surface area (TPSA) is 22.1 Å². The summed E-state index contributed by atoms with van der Waals surface area (Å²) in [5.41, 5.74) is 1.23. The van der Waals surface area contributed by atoms with Gasteiger partial charge in [0.15, 0.2) is 0 Å². The van der Waals surface area contributed by atoms with Crippen LogP contribution in [0.25, 0.3) is 0 Å². The van der Waals surface area contributed by atoms with Crippen LogP contribution in [-0.2, 0) is 6.42 Å². The fourth-order valence-corrected chi connectivity index (χ4v) is 5.47. The highest BCUT2D eigenvalue weighted by atomic mass is 16.5. The number of aromatic nitrogens is 1. The molecule has 0 aromatic carbocycles. The third-order valence-electron chi connectivity index (χ3n) is 7.06. The van der Waals surface area contributed by atoms with Crippen molar-refractivity contribution in [2.24, 2.45) is 23.7 Å². The minimum Gasteiger partial charge on any atom is -0.492 e. The Morgan fingerprint density at radius 1 is 0.846 bits per heavy atom. The van der Waals surface area contributed by atoms with Gasteiger partial charge in [0.05, 0.1) is 12.8 Å². The lowest BCUT2D eigenvalue weighted by atomic mass is 9.68. The minimum atomic E-state index is 0.713. The predicted molar refractivity (Wildman–Crippen MR) is 110 cm³/mol. The van der Waals surface area contributed by atoms with Crippen LogP contribution < -0.4 is 4.74 Å². The van der Waals surface area contributed by atoms with Gasteiger partial charge in [0.2, 0.25) is 0 Å². The van der Waals surface area contributed by atoms with Gasteiger partial charge in [-0.15, -0.1) is 0 Å². The van der Waals surface area contributed by atoms with E-state index in [9.17, 15) is 0 Å². The highest BCUT2D eigenvalue weighted by Crippen LogP contribution is 2.42. The van der Waals surface area contributed by atoms with E-state index in [1.54, 1.807) is 0 Å². The zero-order chi connectivity index (χ0) is 18.2. The summed E-state index contributed by atoms with van der Waals surface area (Å²) in [5.74, 6) is 4.96. The lowest BCUT2D eigenvalue weighted by Gasteiger charge is -2.38. The smallest absolute Gasteiger partial charge is 0.137 e. The van der Waals surface area contributed by atoms with Gasteiger partial charge in [0.1, 0.15) is 5.75 Å². The van der Waals surface area contributed by atoms with E-state index in [1.165, 1.54) is 76.3 Å². The van der Waals surface area contributed by atoms with Crippen molar-refractivity contribution in [3.8, 4) is 5.75 Å². The van der Waals surface area contributed by atoms with Gasteiger partial charge in [0.25, 0.3) is 0 Å². The van der Waals surface area contributed by atoms with Crippen LogP contribution in [0, 0.1) is 23.7 Å². The Morgan fingerprint density at radius 3 is 1.96 bits per heavy atom. The summed E-state index contributed by atoms with van der Waals surface area (Å²) < 4.78 is 5.48. The molecule has 0 unspecified atom stereocenters. The molecule has 0 bridgehead atoms. The van der Waals surface area contributed by atoms with E-state index in [0.29, 0.717) is 6.61 Å². The van der Waals surface area contributed by atoms with E-state index in [0.717, 1.165) is 35.8 Å². The molecule has 2 fully saturated rings. The monoisotopic (exact) mass is 357 g/mol. The molecular formula is C24H39NO. The van der Waals surface area contributed by atoms with Crippen LogP contribution in [0.5, 0.6) is 5.75 Å². The third-order valence-corrected chi connectivity index (χ3v) is 7.06. The zero-order valence-corrected chi connectivity index (χ0v) is 17.1. The van der Waals surface area contributed by atoms with Crippen molar-refractivity contribution in [3.63, 3.8) is 0 Å². The molecule has 1 aromatic rings. The fraction of sp³-hybridized carbons (Fsp3) is 0.792. The van der Waals surface area contributed by atoms with E-state index >= 15 is 0 Å². The number of ether oxygens (including phenoxy) is 1. The summed E-state index contributed by atoms with van der Waals surface area (Å²) in [6.45, 7) is 5.07. The second kappa shape index (κ2) is 10.3. The molecule has 0 atom stereocenters. The zero-order valence-electron chi connectivity index (χ0n) is 17.1. The number of nitrogens with zero attached hydrogens (tertiary/aromatic N) is 1. The van der Waals surface area contributed by atoms with Gasteiger partial charge in [0, 0.05) is 5.69 Å². The van der Waals surface area contributed by atoms with E-state index in [1.807, 2.05) is 13.1 Å². The first-order valence-corrected chi connectivity index (χ1v) is 11.4. The second-order valence-corrected chi connectivity index (χ2v) is 8.81. The van der Waals surface area contributed by atoms with Gasteiger partial charge in [-0.2, -0.15) is 0 Å². The van der Waals surface area contributed by atoms with Crippen molar-refractivity contribution in [2.75, 3.05) is 6.61 Å². The highest BCUT2D eigenvalue weighted by Gasteiger charge is 2.30. The van der Waals surface area contributed by atoms with Crippen molar-refractivity contribution in [1.82, 2.24) is 4.98 Å². The van der Waals surface area contributed by atoms with Crippen molar-refractivity contribution < 1.29 is 4.74 Å². The third kappa shape index (κ3) is 5.72. The van der Waals surface area contributed by atoms with E-state index in [-0.39, 0.29) is 0 Å². The average molecular weight is 358 g/mol. The molecule has 0 N–H and O–H groups in total. The van der Waals surface area contributed by atoms with Crippen molar-refractivity contribution in [1.29, 1.82) is 0 Å². The molecule has 2 heteroatoms. The Kier molecular flexibility index (Phi) is 7.83. The normalized spacial score (nSPS) is 29.5. The summed E-state index contributed by atoms with van der Waals surface area (Å²) in [4.78, 5) is 4.57. The number of aryl methyl sites for hydroxylation is 1. The molecule has 2 nitrogen and oxygen atoms in total. The van der Waals surface area contributed by atoms with Crippen LogP contribution in [0.15, 0.2) is 18.3 Å². The summed E-state index contributed by atoms with van der Waals surface area (Å²) in [7, 11) is 0. The van der Waals surface area contributed by atoms with Crippen molar-refractivity contribution in [3.05, 3.63) is 24.0 Å². The molecule has 2 saturated carbocycles. The maximum absolute atomic E-state index is 5.48. The first kappa shape index (κ1) is 19.7. The summed E-state index contributed by atoms with van der Waals surface area (Å²) in [6.07, 6.45) is 19.1. The molecule has 0 radical (unpaired) electrons. The largest absolute Gasteiger partial charge is 0.492 e. The molecule has 26 heavy (non-hydrogen) atoms. The highest BCUT2D eigenvalue weighted by molar-refractivity contribution is 5.19. The van der Waals surface area contributed by atoms with Gasteiger partial charge in [-0.3, -0.25) is 4.98 Å². The minimum absolute atomic E-state index is 0.713. The molecule has 146 valence electrons. The molecule has 2 aliphatic carbocycles. The lowest BCUT2D eigenvalue weighted by molar-refractivity contribution is 0.141. The van der Waals surface area contributed by atoms with Crippen molar-refractivity contribution in [2.45, 2.75) is 90.9 Å². The molecule has 2 aliphatic rings. The maximum Gasteiger partial charge on any atom is 0.137 e. The van der Waals surface area contributed by atoms with E-state index in [4.69, 9.17) is 4.74 Å². The molecule has 0 spiro atoms. The van der Waals surface area contributed by atoms with Gasteiger partial charge < -0.3 is 4.74 Å². The maximum atomic E-state index is 5.48. The molecule has 0 aliphatic heterocycles. The molecule has 1 heterocycles. The average Bonchev–Trinajstić information content (AvgIpc) is 2.69. The summed E-state index contributed by atoms with van der Waals surface area (Å²) in [6, 6.07) is 4.21. The molecule has 1 aromatic heterocycles.